The van der Waals surface area contributed by atoms with Gasteiger partial charge in [0.2, 0.25) is 0 Å². The van der Waals surface area contributed by atoms with Crippen LogP contribution in [0, 0.1) is 5.92 Å². The topological polar surface area (TPSA) is 52.7 Å². The van der Waals surface area contributed by atoms with Crippen molar-refractivity contribution in [2.45, 2.75) is 19.9 Å². The van der Waals surface area contributed by atoms with Gasteiger partial charge in [0.05, 0.1) is 6.61 Å². The average Bonchev–Trinajstić information content (AvgIpc) is 2.14. The van der Waals surface area contributed by atoms with E-state index in [1.807, 2.05) is 0 Å². The summed E-state index contributed by atoms with van der Waals surface area (Å²) >= 11 is 0. The Bertz CT molecular complexity index is 147. The summed E-state index contributed by atoms with van der Waals surface area (Å²) in [7, 11) is 4.12. The van der Waals surface area contributed by atoms with Crippen LogP contribution < -0.4 is 5.73 Å². The molecule has 0 aliphatic rings. The molecule has 0 aliphatic heterocycles. The first-order valence-corrected chi connectivity index (χ1v) is 5.71. The molecule has 0 radical (unpaired) electrons. The summed E-state index contributed by atoms with van der Waals surface area (Å²) in [4.78, 5) is 4.43. The van der Waals surface area contributed by atoms with Crippen molar-refractivity contribution in [3.05, 3.63) is 0 Å². The highest BCUT2D eigenvalue weighted by Gasteiger charge is 2.16. The summed E-state index contributed by atoms with van der Waals surface area (Å²) in [6, 6.07) is 0.104. The van der Waals surface area contributed by atoms with Gasteiger partial charge in [-0.25, -0.2) is 0 Å². The fourth-order valence-electron chi connectivity index (χ4n) is 1.56. The lowest BCUT2D eigenvalue weighted by atomic mass is 10.1. The third-order valence-electron chi connectivity index (χ3n) is 2.43. The monoisotopic (exact) mass is 217 g/mol. The van der Waals surface area contributed by atoms with E-state index in [-0.39, 0.29) is 12.6 Å². The van der Waals surface area contributed by atoms with Crippen LogP contribution >= 0.6 is 0 Å². The summed E-state index contributed by atoms with van der Waals surface area (Å²) in [6.45, 7) is 8.02. The molecule has 0 fully saturated rings. The molecule has 0 spiro atoms. The van der Waals surface area contributed by atoms with Crippen LogP contribution in [-0.4, -0.2) is 67.8 Å². The molecular formula is C11H27N3O. The Labute approximate surface area is 94.0 Å². The second kappa shape index (κ2) is 8.05. The van der Waals surface area contributed by atoms with E-state index in [0.29, 0.717) is 12.5 Å². The van der Waals surface area contributed by atoms with E-state index in [2.05, 4.69) is 37.7 Å². The van der Waals surface area contributed by atoms with Gasteiger partial charge in [0.15, 0.2) is 0 Å². The Morgan fingerprint density at radius 3 is 2.13 bits per heavy atom. The largest absolute Gasteiger partial charge is 0.395 e. The van der Waals surface area contributed by atoms with Gasteiger partial charge in [-0.05, 0) is 20.0 Å². The summed E-state index contributed by atoms with van der Waals surface area (Å²) in [5.41, 5.74) is 5.65. The van der Waals surface area contributed by atoms with Gasteiger partial charge in [-0.3, -0.25) is 4.90 Å². The van der Waals surface area contributed by atoms with E-state index in [1.165, 1.54) is 0 Å². The van der Waals surface area contributed by atoms with Crippen LogP contribution in [-0.2, 0) is 0 Å². The second-order valence-corrected chi connectivity index (χ2v) is 4.76. The molecule has 0 saturated carbocycles. The molecule has 0 aromatic carbocycles. The zero-order chi connectivity index (χ0) is 11.8. The molecule has 0 bridgehead atoms. The lowest BCUT2D eigenvalue weighted by molar-refractivity contribution is 0.108. The molecule has 0 saturated heterocycles. The van der Waals surface area contributed by atoms with Crippen molar-refractivity contribution < 1.29 is 5.11 Å². The van der Waals surface area contributed by atoms with E-state index in [9.17, 15) is 5.11 Å². The van der Waals surface area contributed by atoms with E-state index >= 15 is 0 Å². The van der Waals surface area contributed by atoms with Crippen LogP contribution in [0.15, 0.2) is 0 Å². The molecule has 0 aliphatic carbocycles. The summed E-state index contributed by atoms with van der Waals surface area (Å²) < 4.78 is 0. The molecule has 4 heteroatoms. The fraction of sp³-hybridized carbons (Fsp3) is 1.00. The third-order valence-corrected chi connectivity index (χ3v) is 2.43. The first-order chi connectivity index (χ1) is 7.01. The zero-order valence-corrected chi connectivity index (χ0v) is 10.6. The molecule has 1 atom stereocenters. The van der Waals surface area contributed by atoms with Crippen LogP contribution in [0.1, 0.15) is 13.8 Å². The first-order valence-electron chi connectivity index (χ1n) is 5.71. The van der Waals surface area contributed by atoms with Gasteiger partial charge >= 0.3 is 0 Å². The predicted octanol–water partition coefficient (Wildman–Crippen LogP) is -0.174. The maximum absolute atomic E-state index is 9.24. The Morgan fingerprint density at radius 2 is 1.80 bits per heavy atom. The first kappa shape index (κ1) is 14.8. The van der Waals surface area contributed by atoms with Gasteiger partial charge in [0, 0.05) is 32.2 Å². The lowest BCUT2D eigenvalue weighted by Crippen LogP contribution is -2.47. The lowest BCUT2D eigenvalue weighted by Gasteiger charge is -2.31. The van der Waals surface area contributed by atoms with Crippen molar-refractivity contribution in [2.75, 3.05) is 46.9 Å². The predicted molar refractivity (Wildman–Crippen MR) is 64.9 cm³/mol. The molecule has 92 valence electrons. The molecule has 0 aromatic heterocycles. The van der Waals surface area contributed by atoms with E-state index < -0.39 is 0 Å². The van der Waals surface area contributed by atoms with Crippen LogP contribution in [0.4, 0.5) is 0 Å². The van der Waals surface area contributed by atoms with Gasteiger partial charge in [0.1, 0.15) is 0 Å². The Kier molecular flexibility index (Phi) is 7.96. The van der Waals surface area contributed by atoms with Gasteiger partial charge < -0.3 is 15.7 Å². The maximum Gasteiger partial charge on any atom is 0.0599 e. The van der Waals surface area contributed by atoms with Crippen LogP contribution in [0.2, 0.25) is 0 Å². The highest BCUT2D eigenvalue weighted by Crippen LogP contribution is 2.03. The number of hydrogen-bond donors (Lipinski definition) is 2. The van der Waals surface area contributed by atoms with Crippen molar-refractivity contribution in [1.82, 2.24) is 9.80 Å². The summed E-state index contributed by atoms with van der Waals surface area (Å²) in [5.74, 6) is 0.604. The Morgan fingerprint density at radius 1 is 1.20 bits per heavy atom. The number of nitrogens with zero attached hydrogens (tertiary/aromatic N) is 2. The van der Waals surface area contributed by atoms with Crippen LogP contribution in [0.3, 0.4) is 0 Å². The number of likely N-dealkylation sites (N-methyl/N-ethyl adjacent to an activating group) is 1. The zero-order valence-electron chi connectivity index (χ0n) is 10.6. The molecule has 1 unspecified atom stereocenters. The standard InChI is InChI=1S/C11H27N3O/c1-10(2)8-14(6-5-13(3)4)11(7-12)9-15/h10-11,15H,5-9,12H2,1-4H3. The van der Waals surface area contributed by atoms with Gasteiger partial charge in [-0.15, -0.1) is 0 Å². The molecule has 3 N–H and O–H groups in total. The van der Waals surface area contributed by atoms with Crippen molar-refractivity contribution in [1.29, 1.82) is 0 Å². The molecule has 0 aromatic rings. The van der Waals surface area contributed by atoms with Crippen LogP contribution in [0.5, 0.6) is 0 Å². The van der Waals surface area contributed by atoms with Gasteiger partial charge in [-0.2, -0.15) is 0 Å². The minimum Gasteiger partial charge on any atom is -0.395 e. The van der Waals surface area contributed by atoms with Crippen molar-refractivity contribution in [2.24, 2.45) is 11.7 Å². The van der Waals surface area contributed by atoms with E-state index in [4.69, 9.17) is 5.73 Å². The number of rotatable bonds is 8. The van der Waals surface area contributed by atoms with Gasteiger partial charge in [-0.1, -0.05) is 13.8 Å². The fourth-order valence-corrected chi connectivity index (χ4v) is 1.56. The molecule has 15 heavy (non-hydrogen) atoms. The molecule has 0 heterocycles. The van der Waals surface area contributed by atoms with Crippen LogP contribution in [0.25, 0.3) is 0 Å². The second-order valence-electron chi connectivity index (χ2n) is 4.76. The average molecular weight is 217 g/mol. The normalized spacial score (nSPS) is 14.2. The Hall–Kier alpha value is -0.160. The molecular weight excluding hydrogens is 190 g/mol. The van der Waals surface area contributed by atoms with Gasteiger partial charge in [0.25, 0.3) is 0 Å². The minimum atomic E-state index is 0.104. The quantitative estimate of drug-likeness (QED) is 0.592. The third kappa shape index (κ3) is 6.84. The smallest absolute Gasteiger partial charge is 0.0599 e. The minimum absolute atomic E-state index is 0.104. The van der Waals surface area contributed by atoms with E-state index in [1.54, 1.807) is 0 Å². The number of aliphatic hydroxyl groups is 1. The van der Waals surface area contributed by atoms with Crippen molar-refractivity contribution >= 4 is 0 Å². The highest BCUT2D eigenvalue weighted by atomic mass is 16.3. The Balaban J connectivity index is 4.15. The summed E-state index contributed by atoms with van der Waals surface area (Å²) in [6.07, 6.45) is 0. The number of hydrogen-bond acceptors (Lipinski definition) is 4. The molecule has 0 amide bonds. The molecule has 0 rings (SSSR count). The number of aliphatic hydroxyl groups excluding tert-OH is 1. The highest BCUT2D eigenvalue weighted by molar-refractivity contribution is 4.73. The van der Waals surface area contributed by atoms with E-state index in [0.717, 1.165) is 19.6 Å². The SMILES string of the molecule is CC(C)CN(CCN(C)C)C(CN)CO. The maximum atomic E-state index is 9.24. The summed E-state index contributed by atoms with van der Waals surface area (Å²) in [5, 5.41) is 9.24. The number of nitrogens with two attached hydrogens (primary N) is 1. The molecule has 4 nitrogen and oxygen atoms in total. The van der Waals surface area contributed by atoms with Crippen molar-refractivity contribution in [3.8, 4) is 0 Å². The van der Waals surface area contributed by atoms with Crippen molar-refractivity contribution in [3.63, 3.8) is 0 Å².